The number of anilines is 2. The lowest BCUT2D eigenvalue weighted by Gasteiger charge is -2.27. The van der Waals surface area contributed by atoms with Crippen molar-refractivity contribution in [2.24, 2.45) is 5.14 Å². The molecular formula is C23H28F2N4O3S. The quantitative estimate of drug-likeness (QED) is 0.695. The molecule has 1 aliphatic heterocycles. The van der Waals surface area contributed by atoms with Crippen LogP contribution in [0.1, 0.15) is 61.1 Å². The van der Waals surface area contributed by atoms with E-state index in [1.54, 1.807) is 17.0 Å². The van der Waals surface area contributed by atoms with E-state index in [4.69, 9.17) is 10.1 Å². The number of hydrogen-bond acceptors (Lipinski definition) is 5. The zero-order valence-electron chi connectivity index (χ0n) is 18.7. The molecule has 2 aromatic rings. The number of nitrogens with one attached hydrogen (secondary N) is 1. The van der Waals surface area contributed by atoms with Crippen LogP contribution in [0.4, 0.5) is 20.3 Å². The van der Waals surface area contributed by atoms with Gasteiger partial charge in [-0.3, -0.25) is 4.79 Å². The standard InChI is InChI=1S/C23H28F2N4O3S/c1-22(2)9-7-15-13-18(21(30)27-16-5-3-6-17(14-16)33(26,31)32)20(28-19(15)22)29-11-4-8-23(24,25)10-12-29/h3,5-6,13-14H,4,7-12H2,1-2H3,(H,27,30)(H2,26,31,32). The number of nitrogens with zero attached hydrogens (tertiary/aromatic N) is 2. The van der Waals surface area contributed by atoms with Crippen LogP contribution >= 0.6 is 0 Å². The van der Waals surface area contributed by atoms with E-state index in [1.807, 2.05) is 0 Å². The van der Waals surface area contributed by atoms with Crippen molar-refractivity contribution in [3.8, 4) is 0 Å². The number of alkyl halides is 2. The van der Waals surface area contributed by atoms with Crippen molar-refractivity contribution < 1.29 is 22.0 Å². The smallest absolute Gasteiger partial charge is 0.259 e. The Labute approximate surface area is 192 Å². The number of sulfonamides is 1. The molecule has 10 heteroatoms. The van der Waals surface area contributed by atoms with Crippen LogP contribution in [0.5, 0.6) is 0 Å². The number of amides is 1. The molecule has 178 valence electrons. The second kappa shape index (κ2) is 8.32. The summed E-state index contributed by atoms with van der Waals surface area (Å²) in [6.45, 7) is 4.65. The summed E-state index contributed by atoms with van der Waals surface area (Å²) in [4.78, 5) is 19.8. The first-order chi connectivity index (χ1) is 15.4. The number of carbonyl (C=O) groups is 1. The number of fused-ring (bicyclic) bond motifs is 1. The van der Waals surface area contributed by atoms with Crippen molar-refractivity contribution in [1.82, 2.24) is 4.98 Å². The van der Waals surface area contributed by atoms with Gasteiger partial charge in [-0.15, -0.1) is 0 Å². The molecule has 0 atom stereocenters. The SMILES string of the molecule is CC1(C)CCc2cc(C(=O)Nc3cccc(S(N)(=O)=O)c3)c(N3CCCC(F)(F)CC3)nc21. The monoisotopic (exact) mass is 478 g/mol. The molecule has 1 saturated heterocycles. The van der Waals surface area contributed by atoms with Gasteiger partial charge in [-0.05, 0) is 49.1 Å². The van der Waals surface area contributed by atoms with Gasteiger partial charge in [0, 0.05) is 37.0 Å². The zero-order valence-corrected chi connectivity index (χ0v) is 19.5. The second-order valence-electron chi connectivity index (χ2n) is 9.47. The summed E-state index contributed by atoms with van der Waals surface area (Å²) in [5.74, 6) is -2.82. The van der Waals surface area contributed by atoms with E-state index in [-0.39, 0.29) is 40.9 Å². The van der Waals surface area contributed by atoms with Crippen LogP contribution in [-0.2, 0) is 21.9 Å². The lowest BCUT2D eigenvalue weighted by molar-refractivity contribution is -0.0102. The molecule has 4 rings (SSSR count). The summed E-state index contributed by atoms with van der Waals surface area (Å²) in [7, 11) is -3.93. The summed E-state index contributed by atoms with van der Waals surface area (Å²) in [5, 5.41) is 7.91. The highest BCUT2D eigenvalue weighted by Gasteiger charge is 2.36. The van der Waals surface area contributed by atoms with Gasteiger partial charge >= 0.3 is 0 Å². The molecule has 0 spiro atoms. The van der Waals surface area contributed by atoms with Gasteiger partial charge in [0.15, 0.2) is 0 Å². The van der Waals surface area contributed by atoms with Crippen molar-refractivity contribution in [1.29, 1.82) is 0 Å². The number of primary sulfonamides is 1. The fraction of sp³-hybridized carbons (Fsp3) is 0.478. The van der Waals surface area contributed by atoms with Gasteiger partial charge in [0.05, 0.1) is 16.2 Å². The summed E-state index contributed by atoms with van der Waals surface area (Å²) in [6.07, 6.45) is 1.46. The third kappa shape index (κ3) is 5.01. The first-order valence-electron chi connectivity index (χ1n) is 11.0. The Hall–Kier alpha value is -2.59. The number of pyridine rings is 1. The average Bonchev–Trinajstić information content (AvgIpc) is 2.90. The van der Waals surface area contributed by atoms with Crippen LogP contribution in [0.15, 0.2) is 35.2 Å². The van der Waals surface area contributed by atoms with Crippen molar-refractivity contribution in [2.75, 3.05) is 23.3 Å². The number of benzene rings is 1. The fourth-order valence-corrected chi connectivity index (χ4v) is 5.08. The number of rotatable bonds is 4. The number of aryl methyl sites for hydroxylation is 1. The molecule has 1 aliphatic carbocycles. The molecule has 3 N–H and O–H groups in total. The van der Waals surface area contributed by atoms with Crippen molar-refractivity contribution >= 4 is 27.4 Å². The Kier molecular flexibility index (Phi) is 5.94. The molecule has 1 fully saturated rings. The van der Waals surface area contributed by atoms with E-state index in [2.05, 4.69) is 19.2 Å². The maximum Gasteiger partial charge on any atom is 0.259 e. The molecule has 1 amide bonds. The summed E-state index contributed by atoms with van der Waals surface area (Å²) >= 11 is 0. The number of nitrogens with two attached hydrogens (primary N) is 1. The summed E-state index contributed by atoms with van der Waals surface area (Å²) in [6, 6.07) is 7.46. The fourth-order valence-electron chi connectivity index (χ4n) is 4.52. The molecule has 1 aromatic heterocycles. The highest BCUT2D eigenvalue weighted by molar-refractivity contribution is 7.89. The lowest BCUT2D eigenvalue weighted by Crippen LogP contribution is -2.30. The highest BCUT2D eigenvalue weighted by atomic mass is 32.2. The van der Waals surface area contributed by atoms with Gasteiger partial charge in [0.25, 0.3) is 5.91 Å². The van der Waals surface area contributed by atoms with E-state index >= 15 is 0 Å². The molecule has 2 aliphatic rings. The molecule has 0 bridgehead atoms. The largest absolute Gasteiger partial charge is 0.356 e. The van der Waals surface area contributed by atoms with E-state index in [1.165, 1.54) is 18.2 Å². The minimum Gasteiger partial charge on any atom is -0.356 e. The van der Waals surface area contributed by atoms with E-state index < -0.39 is 21.9 Å². The molecule has 1 aromatic carbocycles. The number of carbonyl (C=O) groups excluding carboxylic acids is 1. The van der Waals surface area contributed by atoms with Crippen LogP contribution in [0.25, 0.3) is 0 Å². The third-order valence-electron chi connectivity index (χ3n) is 6.42. The van der Waals surface area contributed by atoms with Crippen molar-refractivity contribution in [3.05, 3.63) is 47.2 Å². The first-order valence-corrected chi connectivity index (χ1v) is 12.5. The molecule has 33 heavy (non-hydrogen) atoms. The van der Waals surface area contributed by atoms with Crippen molar-refractivity contribution in [2.45, 2.75) is 62.2 Å². The van der Waals surface area contributed by atoms with Gasteiger partial charge in [-0.1, -0.05) is 19.9 Å². The Balaban J connectivity index is 1.72. The van der Waals surface area contributed by atoms with Crippen LogP contribution in [0.2, 0.25) is 0 Å². The van der Waals surface area contributed by atoms with Gasteiger partial charge < -0.3 is 10.2 Å². The van der Waals surface area contributed by atoms with Crippen LogP contribution in [0, 0.1) is 0 Å². The maximum atomic E-state index is 14.0. The Morgan fingerprint density at radius 2 is 1.91 bits per heavy atom. The van der Waals surface area contributed by atoms with Gasteiger partial charge in [-0.2, -0.15) is 0 Å². The van der Waals surface area contributed by atoms with E-state index in [0.717, 1.165) is 24.1 Å². The number of hydrogen-bond donors (Lipinski definition) is 2. The normalized spacial score (nSPS) is 19.6. The minimum absolute atomic E-state index is 0.0976. The predicted molar refractivity (Wildman–Crippen MR) is 122 cm³/mol. The number of aromatic nitrogens is 1. The molecule has 7 nitrogen and oxygen atoms in total. The highest BCUT2D eigenvalue weighted by Crippen LogP contribution is 2.40. The number of halogens is 2. The van der Waals surface area contributed by atoms with Crippen LogP contribution in [-0.4, -0.2) is 38.3 Å². The van der Waals surface area contributed by atoms with Gasteiger partial charge in [0.2, 0.25) is 15.9 Å². The lowest BCUT2D eigenvalue weighted by atomic mass is 9.90. The summed E-state index contributed by atoms with van der Waals surface area (Å²) < 4.78 is 51.3. The Morgan fingerprint density at radius 3 is 2.64 bits per heavy atom. The molecule has 0 unspecified atom stereocenters. The van der Waals surface area contributed by atoms with Crippen LogP contribution < -0.4 is 15.4 Å². The first kappa shape index (κ1) is 23.6. The molecule has 0 radical (unpaired) electrons. The Bertz CT molecular complexity index is 1200. The average molecular weight is 479 g/mol. The zero-order chi connectivity index (χ0) is 24.0. The molecule has 2 heterocycles. The Morgan fingerprint density at radius 1 is 1.15 bits per heavy atom. The van der Waals surface area contributed by atoms with Gasteiger partial charge in [-0.25, -0.2) is 27.3 Å². The third-order valence-corrected chi connectivity index (χ3v) is 7.34. The summed E-state index contributed by atoms with van der Waals surface area (Å²) in [5.41, 5.74) is 2.24. The van der Waals surface area contributed by atoms with Crippen LogP contribution in [0.3, 0.4) is 0 Å². The predicted octanol–water partition coefficient (Wildman–Crippen LogP) is 3.83. The van der Waals surface area contributed by atoms with Crippen molar-refractivity contribution in [3.63, 3.8) is 0 Å². The topological polar surface area (TPSA) is 105 Å². The second-order valence-corrected chi connectivity index (χ2v) is 11.0. The minimum atomic E-state index is -3.93. The molecular weight excluding hydrogens is 450 g/mol. The van der Waals surface area contributed by atoms with Gasteiger partial charge in [0.1, 0.15) is 5.82 Å². The maximum absolute atomic E-state index is 14.0. The van der Waals surface area contributed by atoms with E-state index in [0.29, 0.717) is 18.8 Å². The van der Waals surface area contributed by atoms with E-state index in [9.17, 15) is 22.0 Å². The molecule has 0 saturated carbocycles.